The second-order valence-electron chi connectivity index (χ2n) is 3.68. The Morgan fingerprint density at radius 1 is 1.17 bits per heavy atom. The summed E-state index contributed by atoms with van der Waals surface area (Å²) in [6, 6.07) is 2.85. The topological polar surface area (TPSA) is 81.7 Å². The Labute approximate surface area is 106 Å². The van der Waals surface area contributed by atoms with Crippen molar-refractivity contribution >= 4 is 21.5 Å². The van der Waals surface area contributed by atoms with E-state index in [1.807, 2.05) is 0 Å². The smallest absolute Gasteiger partial charge is 0.229 e. The van der Waals surface area contributed by atoms with E-state index >= 15 is 0 Å². The Bertz CT molecular complexity index is 565. The van der Waals surface area contributed by atoms with Crippen molar-refractivity contribution < 1.29 is 22.7 Å². The number of carbonyl (C=O) groups excluding carboxylic acids is 1. The molecule has 18 heavy (non-hydrogen) atoms. The molecule has 100 valence electrons. The van der Waals surface area contributed by atoms with Crippen LogP contribution in [0.4, 0.5) is 5.69 Å². The van der Waals surface area contributed by atoms with Crippen LogP contribution in [0.2, 0.25) is 0 Å². The van der Waals surface area contributed by atoms with Crippen molar-refractivity contribution in [3.8, 4) is 11.5 Å². The van der Waals surface area contributed by atoms with Crippen LogP contribution in [-0.2, 0) is 10.0 Å². The van der Waals surface area contributed by atoms with Crippen LogP contribution in [0, 0.1) is 0 Å². The summed E-state index contributed by atoms with van der Waals surface area (Å²) in [7, 11) is -0.649. The van der Waals surface area contributed by atoms with Gasteiger partial charge in [0.25, 0.3) is 0 Å². The predicted molar refractivity (Wildman–Crippen MR) is 68.0 cm³/mol. The number of rotatable bonds is 5. The van der Waals surface area contributed by atoms with Crippen molar-refractivity contribution in [1.29, 1.82) is 0 Å². The van der Waals surface area contributed by atoms with Crippen LogP contribution in [0.15, 0.2) is 12.1 Å². The molecule has 0 spiro atoms. The first kappa shape index (κ1) is 14.3. The molecule has 0 fully saturated rings. The van der Waals surface area contributed by atoms with Gasteiger partial charge >= 0.3 is 0 Å². The van der Waals surface area contributed by atoms with Crippen molar-refractivity contribution in [3.05, 3.63) is 17.7 Å². The molecule has 1 N–H and O–H groups in total. The maximum Gasteiger partial charge on any atom is 0.229 e. The predicted octanol–water partition coefficient (Wildman–Crippen LogP) is 1.28. The molecule has 0 aliphatic rings. The molecule has 6 nitrogen and oxygen atoms in total. The molecule has 0 aliphatic heterocycles. The number of benzene rings is 1. The molecule has 0 heterocycles. The van der Waals surface area contributed by atoms with E-state index in [4.69, 9.17) is 9.47 Å². The van der Waals surface area contributed by atoms with Crippen LogP contribution < -0.4 is 14.2 Å². The number of anilines is 1. The van der Waals surface area contributed by atoms with Crippen molar-refractivity contribution in [1.82, 2.24) is 0 Å². The summed E-state index contributed by atoms with van der Waals surface area (Å²) < 4.78 is 34.8. The van der Waals surface area contributed by atoms with E-state index in [1.165, 1.54) is 33.3 Å². The Morgan fingerprint density at radius 3 is 2.11 bits per heavy atom. The van der Waals surface area contributed by atoms with Crippen LogP contribution in [0.5, 0.6) is 11.5 Å². The maximum atomic E-state index is 11.4. The van der Waals surface area contributed by atoms with E-state index in [0.29, 0.717) is 5.56 Å². The van der Waals surface area contributed by atoms with E-state index in [2.05, 4.69) is 4.72 Å². The van der Waals surface area contributed by atoms with Crippen molar-refractivity contribution in [2.75, 3.05) is 25.2 Å². The molecule has 0 bridgehead atoms. The molecule has 0 radical (unpaired) electrons. The van der Waals surface area contributed by atoms with Gasteiger partial charge in [-0.15, -0.1) is 0 Å². The number of hydrogen-bond acceptors (Lipinski definition) is 5. The summed E-state index contributed by atoms with van der Waals surface area (Å²) in [5.74, 6) is 0.344. The number of ketones is 1. The van der Waals surface area contributed by atoms with Gasteiger partial charge in [0.05, 0.1) is 31.7 Å². The third kappa shape index (κ3) is 3.36. The number of carbonyl (C=O) groups is 1. The van der Waals surface area contributed by atoms with Gasteiger partial charge in [-0.1, -0.05) is 0 Å². The Kier molecular flexibility index (Phi) is 4.18. The van der Waals surface area contributed by atoms with Gasteiger partial charge < -0.3 is 9.47 Å². The summed E-state index contributed by atoms with van der Waals surface area (Å²) in [6.07, 6.45) is 1.03. The van der Waals surface area contributed by atoms with Crippen molar-refractivity contribution in [3.63, 3.8) is 0 Å². The lowest BCUT2D eigenvalue weighted by Gasteiger charge is -2.14. The van der Waals surface area contributed by atoms with Gasteiger partial charge in [-0.05, 0) is 13.0 Å². The van der Waals surface area contributed by atoms with Crippen molar-refractivity contribution in [2.45, 2.75) is 6.92 Å². The summed E-state index contributed by atoms with van der Waals surface area (Å²) in [4.78, 5) is 11.4. The van der Waals surface area contributed by atoms with Gasteiger partial charge in [0.1, 0.15) is 11.5 Å². The van der Waals surface area contributed by atoms with Crippen LogP contribution in [-0.4, -0.2) is 34.7 Å². The Balaban J connectivity index is 3.39. The number of Topliss-reactive ketones (excluding diaryl/α,β-unsaturated/α-hetero) is 1. The number of nitrogens with one attached hydrogen (secondary N) is 1. The molecule has 0 aliphatic carbocycles. The zero-order valence-corrected chi connectivity index (χ0v) is 11.4. The number of ether oxygens (including phenoxy) is 2. The average Bonchev–Trinajstić information content (AvgIpc) is 2.25. The Hall–Kier alpha value is -1.76. The average molecular weight is 273 g/mol. The Morgan fingerprint density at radius 2 is 1.72 bits per heavy atom. The number of methoxy groups -OCH3 is 2. The third-order valence-electron chi connectivity index (χ3n) is 2.20. The molecular formula is C11H15NO5S. The molecule has 1 aromatic carbocycles. The minimum absolute atomic E-state index is 0.198. The van der Waals surface area contributed by atoms with Gasteiger partial charge in [0.2, 0.25) is 10.0 Å². The highest BCUT2D eigenvalue weighted by molar-refractivity contribution is 7.92. The number of hydrogen-bond donors (Lipinski definition) is 1. The molecule has 0 atom stereocenters. The molecule has 1 rings (SSSR count). The molecular weight excluding hydrogens is 258 g/mol. The van der Waals surface area contributed by atoms with Gasteiger partial charge in [-0.2, -0.15) is 0 Å². The monoisotopic (exact) mass is 273 g/mol. The maximum absolute atomic E-state index is 11.4. The lowest BCUT2D eigenvalue weighted by atomic mass is 10.1. The van der Waals surface area contributed by atoms with E-state index in [9.17, 15) is 13.2 Å². The fourth-order valence-corrected chi connectivity index (χ4v) is 2.01. The van der Waals surface area contributed by atoms with E-state index in [-0.39, 0.29) is 23.0 Å². The van der Waals surface area contributed by atoms with E-state index < -0.39 is 10.0 Å². The first-order valence-electron chi connectivity index (χ1n) is 5.03. The van der Waals surface area contributed by atoms with Gasteiger partial charge in [-0.3, -0.25) is 9.52 Å². The van der Waals surface area contributed by atoms with Crippen LogP contribution >= 0.6 is 0 Å². The third-order valence-corrected chi connectivity index (χ3v) is 2.79. The second kappa shape index (κ2) is 5.26. The summed E-state index contributed by atoms with van der Waals surface area (Å²) in [5, 5.41) is 0. The molecule has 0 amide bonds. The van der Waals surface area contributed by atoms with Gasteiger partial charge in [0, 0.05) is 6.07 Å². The minimum atomic E-state index is -3.44. The van der Waals surface area contributed by atoms with Gasteiger partial charge in [-0.25, -0.2) is 8.42 Å². The largest absolute Gasteiger partial charge is 0.496 e. The van der Waals surface area contributed by atoms with Crippen LogP contribution in [0.25, 0.3) is 0 Å². The molecule has 1 aromatic rings. The van der Waals surface area contributed by atoms with E-state index in [1.54, 1.807) is 0 Å². The normalized spacial score (nSPS) is 10.9. The zero-order valence-electron chi connectivity index (χ0n) is 10.6. The number of sulfonamides is 1. The van der Waals surface area contributed by atoms with E-state index in [0.717, 1.165) is 6.26 Å². The highest BCUT2D eigenvalue weighted by Crippen LogP contribution is 2.33. The summed E-state index contributed by atoms with van der Waals surface area (Å²) >= 11 is 0. The first-order valence-corrected chi connectivity index (χ1v) is 6.92. The molecule has 0 unspecified atom stereocenters. The highest BCUT2D eigenvalue weighted by atomic mass is 32.2. The summed E-state index contributed by atoms with van der Waals surface area (Å²) in [5.41, 5.74) is 0.551. The van der Waals surface area contributed by atoms with Crippen molar-refractivity contribution in [2.24, 2.45) is 0 Å². The molecule has 7 heteroatoms. The minimum Gasteiger partial charge on any atom is -0.496 e. The lowest BCUT2D eigenvalue weighted by molar-refractivity contribution is 0.101. The fraction of sp³-hybridized carbons (Fsp3) is 0.364. The zero-order chi connectivity index (χ0) is 13.9. The molecule has 0 saturated carbocycles. The van der Waals surface area contributed by atoms with Gasteiger partial charge in [0.15, 0.2) is 5.78 Å². The summed E-state index contributed by atoms with van der Waals surface area (Å²) in [6.45, 7) is 1.39. The second-order valence-corrected chi connectivity index (χ2v) is 5.43. The standard InChI is InChI=1S/C11H15NO5S/c1-7(13)8-5-11(17-3)9(6-10(8)16-2)12-18(4,14)15/h5-6,12H,1-4H3. The lowest BCUT2D eigenvalue weighted by Crippen LogP contribution is -2.11. The first-order chi connectivity index (χ1) is 8.28. The fourth-order valence-electron chi connectivity index (χ4n) is 1.45. The quantitative estimate of drug-likeness (QED) is 0.817. The highest BCUT2D eigenvalue weighted by Gasteiger charge is 2.16. The molecule has 0 aromatic heterocycles. The molecule has 0 saturated heterocycles. The SMILES string of the molecule is COc1cc(C(C)=O)c(OC)cc1NS(C)(=O)=O. The van der Waals surface area contributed by atoms with Crippen LogP contribution in [0.1, 0.15) is 17.3 Å². The van der Waals surface area contributed by atoms with Crippen LogP contribution in [0.3, 0.4) is 0 Å².